The third-order valence-electron chi connectivity index (χ3n) is 2.15. The molecule has 1 heterocycles. The summed E-state index contributed by atoms with van der Waals surface area (Å²) in [4.78, 5) is 0. The zero-order chi connectivity index (χ0) is 9.84. The number of aromatic nitrogens is 2. The molecule has 0 fully saturated rings. The fourth-order valence-electron chi connectivity index (χ4n) is 1.39. The van der Waals surface area contributed by atoms with Gasteiger partial charge in [-0.1, -0.05) is 6.92 Å². The monoisotopic (exact) mass is 183 g/mol. The van der Waals surface area contributed by atoms with E-state index in [4.69, 9.17) is 10.5 Å². The van der Waals surface area contributed by atoms with Gasteiger partial charge in [-0.2, -0.15) is 0 Å². The van der Waals surface area contributed by atoms with Crippen molar-refractivity contribution in [2.24, 2.45) is 12.8 Å². The van der Waals surface area contributed by atoms with Gasteiger partial charge in [-0.25, -0.2) is 0 Å². The first-order valence-electron chi connectivity index (χ1n) is 4.46. The number of nitrogens with zero attached hydrogens (tertiary/aromatic N) is 2. The molecule has 0 saturated carbocycles. The van der Waals surface area contributed by atoms with Crippen molar-refractivity contribution in [3.05, 3.63) is 11.8 Å². The molecule has 0 spiro atoms. The van der Waals surface area contributed by atoms with Gasteiger partial charge in [0, 0.05) is 18.8 Å². The Hall–Kier alpha value is -1.03. The zero-order valence-corrected chi connectivity index (χ0v) is 8.45. The van der Waals surface area contributed by atoms with Gasteiger partial charge in [0.2, 0.25) is 5.88 Å². The largest absolute Gasteiger partial charge is 0.480 e. The molecule has 0 amide bonds. The van der Waals surface area contributed by atoms with E-state index >= 15 is 0 Å². The van der Waals surface area contributed by atoms with Crippen LogP contribution in [-0.4, -0.2) is 23.4 Å². The molecular weight excluding hydrogens is 166 g/mol. The number of hydrogen-bond donors (Lipinski definition) is 1. The summed E-state index contributed by atoms with van der Waals surface area (Å²) in [5, 5.41) is 4.19. The van der Waals surface area contributed by atoms with Crippen molar-refractivity contribution in [2.45, 2.75) is 19.3 Å². The standard InChI is InChI=1S/C9H17N3O/c1-7(4-5-10)8-6-12(2)11-9(8)13-3/h6-7H,4-5,10H2,1-3H3. The van der Waals surface area contributed by atoms with Crippen LogP contribution in [0.25, 0.3) is 0 Å². The van der Waals surface area contributed by atoms with E-state index in [1.807, 2.05) is 13.2 Å². The fraction of sp³-hybridized carbons (Fsp3) is 0.667. The van der Waals surface area contributed by atoms with E-state index in [1.165, 1.54) is 0 Å². The van der Waals surface area contributed by atoms with Crippen molar-refractivity contribution in [3.8, 4) is 5.88 Å². The highest BCUT2D eigenvalue weighted by atomic mass is 16.5. The first kappa shape index (κ1) is 10.1. The molecule has 2 N–H and O–H groups in total. The average molecular weight is 183 g/mol. The molecule has 1 aromatic heterocycles. The summed E-state index contributed by atoms with van der Waals surface area (Å²) in [6.45, 7) is 2.83. The lowest BCUT2D eigenvalue weighted by atomic mass is 10.0. The van der Waals surface area contributed by atoms with Crippen LogP contribution in [0.1, 0.15) is 24.8 Å². The van der Waals surface area contributed by atoms with Crippen LogP contribution < -0.4 is 10.5 Å². The van der Waals surface area contributed by atoms with Gasteiger partial charge in [-0.15, -0.1) is 5.10 Å². The lowest BCUT2D eigenvalue weighted by molar-refractivity contribution is 0.385. The summed E-state index contributed by atoms with van der Waals surface area (Å²) in [6, 6.07) is 0. The first-order valence-corrected chi connectivity index (χ1v) is 4.46. The molecule has 0 bridgehead atoms. The summed E-state index contributed by atoms with van der Waals surface area (Å²) in [6.07, 6.45) is 2.95. The number of ether oxygens (including phenoxy) is 1. The number of nitrogens with two attached hydrogens (primary N) is 1. The molecule has 4 nitrogen and oxygen atoms in total. The van der Waals surface area contributed by atoms with Gasteiger partial charge < -0.3 is 10.5 Å². The van der Waals surface area contributed by atoms with Crippen LogP contribution in [0.15, 0.2) is 6.20 Å². The third-order valence-corrected chi connectivity index (χ3v) is 2.15. The smallest absolute Gasteiger partial charge is 0.235 e. The second-order valence-corrected chi connectivity index (χ2v) is 3.25. The Morgan fingerprint density at radius 1 is 1.69 bits per heavy atom. The quantitative estimate of drug-likeness (QED) is 0.754. The van der Waals surface area contributed by atoms with Crippen LogP contribution in [0, 0.1) is 0 Å². The van der Waals surface area contributed by atoms with Crippen LogP contribution >= 0.6 is 0 Å². The van der Waals surface area contributed by atoms with Crippen molar-refractivity contribution in [1.82, 2.24) is 9.78 Å². The van der Waals surface area contributed by atoms with Crippen molar-refractivity contribution in [2.75, 3.05) is 13.7 Å². The molecule has 1 aromatic rings. The molecule has 74 valence electrons. The Bertz CT molecular complexity index is 270. The second-order valence-electron chi connectivity index (χ2n) is 3.25. The highest BCUT2D eigenvalue weighted by Gasteiger charge is 2.13. The molecule has 0 aromatic carbocycles. The van der Waals surface area contributed by atoms with Gasteiger partial charge >= 0.3 is 0 Å². The van der Waals surface area contributed by atoms with Crippen molar-refractivity contribution in [3.63, 3.8) is 0 Å². The van der Waals surface area contributed by atoms with Gasteiger partial charge in [0.15, 0.2) is 0 Å². The van der Waals surface area contributed by atoms with Crippen LogP contribution in [0.5, 0.6) is 5.88 Å². The van der Waals surface area contributed by atoms with E-state index < -0.39 is 0 Å². The Kier molecular flexibility index (Phi) is 3.31. The number of methoxy groups -OCH3 is 1. The fourth-order valence-corrected chi connectivity index (χ4v) is 1.39. The van der Waals surface area contributed by atoms with Gasteiger partial charge in [-0.05, 0) is 18.9 Å². The van der Waals surface area contributed by atoms with E-state index in [1.54, 1.807) is 11.8 Å². The van der Waals surface area contributed by atoms with Gasteiger partial charge in [-0.3, -0.25) is 4.68 Å². The molecule has 1 rings (SSSR count). The predicted octanol–water partition coefficient (Wildman–Crippen LogP) is 0.881. The van der Waals surface area contributed by atoms with E-state index in [0.29, 0.717) is 18.3 Å². The minimum atomic E-state index is 0.411. The third kappa shape index (κ3) is 2.21. The highest BCUT2D eigenvalue weighted by Crippen LogP contribution is 2.26. The Labute approximate surface area is 78.7 Å². The molecule has 0 aliphatic heterocycles. The Morgan fingerprint density at radius 2 is 2.38 bits per heavy atom. The molecule has 13 heavy (non-hydrogen) atoms. The SMILES string of the molecule is COc1nn(C)cc1C(C)CCN. The Morgan fingerprint density at radius 3 is 2.92 bits per heavy atom. The second kappa shape index (κ2) is 4.28. The molecule has 4 heteroatoms. The maximum atomic E-state index is 5.50. The van der Waals surface area contributed by atoms with Crippen LogP contribution in [-0.2, 0) is 7.05 Å². The normalized spacial score (nSPS) is 12.9. The first-order chi connectivity index (χ1) is 6.19. The van der Waals surface area contributed by atoms with Gasteiger partial charge in [0.1, 0.15) is 0 Å². The van der Waals surface area contributed by atoms with Gasteiger partial charge in [0.25, 0.3) is 0 Å². The molecule has 1 atom stereocenters. The summed E-state index contributed by atoms with van der Waals surface area (Å²) < 4.78 is 6.93. The summed E-state index contributed by atoms with van der Waals surface area (Å²) in [5.74, 6) is 1.12. The maximum absolute atomic E-state index is 5.50. The molecule has 0 aliphatic carbocycles. The van der Waals surface area contributed by atoms with Crippen LogP contribution in [0.2, 0.25) is 0 Å². The van der Waals surface area contributed by atoms with Crippen LogP contribution in [0.4, 0.5) is 0 Å². The molecule has 0 radical (unpaired) electrons. The minimum Gasteiger partial charge on any atom is -0.480 e. The summed E-state index contributed by atoms with van der Waals surface area (Å²) >= 11 is 0. The predicted molar refractivity (Wildman–Crippen MR) is 51.8 cm³/mol. The van der Waals surface area contributed by atoms with Crippen molar-refractivity contribution in [1.29, 1.82) is 0 Å². The number of aryl methyl sites for hydroxylation is 1. The van der Waals surface area contributed by atoms with E-state index in [2.05, 4.69) is 12.0 Å². The molecule has 0 aliphatic rings. The van der Waals surface area contributed by atoms with Crippen molar-refractivity contribution < 1.29 is 4.74 Å². The highest BCUT2D eigenvalue weighted by molar-refractivity contribution is 5.26. The summed E-state index contributed by atoms with van der Waals surface area (Å²) in [7, 11) is 3.53. The summed E-state index contributed by atoms with van der Waals surface area (Å²) in [5.41, 5.74) is 6.63. The molecule has 0 saturated heterocycles. The minimum absolute atomic E-state index is 0.411. The van der Waals surface area contributed by atoms with Crippen LogP contribution in [0.3, 0.4) is 0 Å². The lowest BCUT2D eigenvalue weighted by Gasteiger charge is -2.08. The van der Waals surface area contributed by atoms with E-state index in [-0.39, 0.29) is 0 Å². The zero-order valence-electron chi connectivity index (χ0n) is 8.45. The average Bonchev–Trinajstić information content (AvgIpc) is 2.47. The van der Waals surface area contributed by atoms with Gasteiger partial charge in [0.05, 0.1) is 7.11 Å². The number of hydrogen-bond acceptors (Lipinski definition) is 3. The topological polar surface area (TPSA) is 53.1 Å². The Balaban J connectivity index is 2.84. The lowest BCUT2D eigenvalue weighted by Crippen LogP contribution is -2.04. The van der Waals surface area contributed by atoms with E-state index in [9.17, 15) is 0 Å². The molecular formula is C9H17N3O. The number of rotatable bonds is 4. The molecule has 1 unspecified atom stereocenters. The maximum Gasteiger partial charge on any atom is 0.235 e. The van der Waals surface area contributed by atoms with E-state index in [0.717, 1.165) is 12.0 Å². The van der Waals surface area contributed by atoms with Crippen molar-refractivity contribution >= 4 is 0 Å².